The van der Waals surface area contributed by atoms with E-state index in [0.717, 1.165) is 52.9 Å². The molecule has 1 fully saturated rings. The average molecular weight is 510 g/mol. The highest BCUT2D eigenvalue weighted by Crippen LogP contribution is 2.30. The highest BCUT2D eigenvalue weighted by Gasteiger charge is 2.21. The number of fused-ring (bicyclic) bond motifs is 1. The summed E-state index contributed by atoms with van der Waals surface area (Å²) in [6.07, 6.45) is -0.549. The molecule has 1 heterocycles. The fourth-order valence-electron chi connectivity index (χ4n) is 3.73. The van der Waals surface area contributed by atoms with Crippen LogP contribution in [-0.2, 0) is 0 Å². The number of rotatable bonds is 6. The molecule has 0 spiro atoms. The molecular formula is C23H23BrCl2N2O2. The van der Waals surface area contributed by atoms with Crippen LogP contribution in [0.4, 0.5) is 5.69 Å². The van der Waals surface area contributed by atoms with Crippen LogP contribution in [0.25, 0.3) is 10.8 Å². The van der Waals surface area contributed by atoms with Gasteiger partial charge in [-0.3, -0.25) is 4.90 Å². The first-order valence-corrected chi connectivity index (χ1v) is 11.5. The zero-order chi connectivity index (χ0) is 21.1. The smallest absolute Gasteiger partial charge is 0.120 e. The van der Waals surface area contributed by atoms with Gasteiger partial charge < -0.3 is 14.7 Å². The van der Waals surface area contributed by atoms with E-state index >= 15 is 0 Å². The van der Waals surface area contributed by atoms with Crippen molar-refractivity contribution in [2.24, 2.45) is 0 Å². The molecule has 1 atom stereocenters. The molecule has 1 aliphatic rings. The first kappa shape index (κ1) is 21.7. The second-order valence-electron chi connectivity index (χ2n) is 7.50. The molecule has 0 amide bonds. The fraction of sp³-hybridized carbons (Fsp3) is 0.304. The fourth-order valence-corrected chi connectivity index (χ4v) is 4.51. The van der Waals surface area contributed by atoms with Gasteiger partial charge in [-0.1, -0.05) is 51.3 Å². The normalized spacial score (nSPS) is 16.1. The Hall–Kier alpha value is -1.50. The lowest BCUT2D eigenvalue weighted by molar-refractivity contribution is 0.0663. The molecule has 0 bridgehead atoms. The van der Waals surface area contributed by atoms with Gasteiger partial charge in [-0.2, -0.15) is 0 Å². The van der Waals surface area contributed by atoms with Crippen LogP contribution in [0.15, 0.2) is 59.1 Å². The standard InChI is InChI=1S/C23H23BrCl2N2O2/c24-18-3-1-17-12-21(5-2-16(17)11-18)30-15-20(29)14-27-7-9-28(10-8-27)23-13-19(25)4-6-22(23)26/h1-6,11-13,20,29H,7-10,14-15H2/t20-/m0/s1. The molecule has 0 unspecified atom stereocenters. The molecule has 0 radical (unpaired) electrons. The third kappa shape index (κ3) is 5.40. The summed E-state index contributed by atoms with van der Waals surface area (Å²) >= 11 is 15.9. The van der Waals surface area contributed by atoms with Crippen molar-refractivity contribution in [1.82, 2.24) is 4.90 Å². The predicted molar refractivity (Wildman–Crippen MR) is 128 cm³/mol. The summed E-state index contributed by atoms with van der Waals surface area (Å²) in [4.78, 5) is 4.49. The van der Waals surface area contributed by atoms with E-state index in [4.69, 9.17) is 27.9 Å². The topological polar surface area (TPSA) is 35.9 Å². The number of anilines is 1. The predicted octanol–water partition coefficient (Wildman–Crippen LogP) is 5.47. The minimum absolute atomic E-state index is 0.266. The molecule has 3 aromatic carbocycles. The lowest BCUT2D eigenvalue weighted by Gasteiger charge is -2.37. The van der Waals surface area contributed by atoms with Crippen molar-refractivity contribution in [3.05, 3.63) is 69.1 Å². The molecule has 1 N–H and O–H groups in total. The van der Waals surface area contributed by atoms with Gasteiger partial charge in [-0.25, -0.2) is 0 Å². The SMILES string of the molecule is O[C@H](COc1ccc2cc(Br)ccc2c1)CN1CCN(c2cc(Cl)ccc2Cl)CC1. The first-order chi connectivity index (χ1) is 14.5. The van der Waals surface area contributed by atoms with Crippen LogP contribution in [-0.4, -0.2) is 55.4 Å². The largest absolute Gasteiger partial charge is 0.491 e. The van der Waals surface area contributed by atoms with E-state index in [-0.39, 0.29) is 6.61 Å². The van der Waals surface area contributed by atoms with Crippen molar-refractivity contribution in [2.45, 2.75) is 6.10 Å². The summed E-state index contributed by atoms with van der Waals surface area (Å²) in [5.41, 5.74) is 0.969. The van der Waals surface area contributed by atoms with Gasteiger partial charge in [0.15, 0.2) is 0 Å². The highest BCUT2D eigenvalue weighted by molar-refractivity contribution is 9.10. The van der Waals surface area contributed by atoms with Crippen LogP contribution in [0.5, 0.6) is 5.75 Å². The molecule has 158 valence electrons. The van der Waals surface area contributed by atoms with Crippen molar-refractivity contribution in [3.63, 3.8) is 0 Å². The van der Waals surface area contributed by atoms with E-state index in [0.29, 0.717) is 16.6 Å². The molecule has 0 saturated carbocycles. The van der Waals surface area contributed by atoms with Crippen molar-refractivity contribution >= 4 is 55.6 Å². The number of ether oxygens (including phenoxy) is 1. The minimum atomic E-state index is -0.549. The number of aliphatic hydroxyl groups excluding tert-OH is 1. The Morgan fingerprint density at radius 1 is 0.933 bits per heavy atom. The van der Waals surface area contributed by atoms with Gasteiger partial charge in [0.1, 0.15) is 18.5 Å². The van der Waals surface area contributed by atoms with Crippen LogP contribution in [0.2, 0.25) is 10.0 Å². The molecule has 7 heteroatoms. The number of benzene rings is 3. The van der Waals surface area contributed by atoms with E-state index in [9.17, 15) is 5.11 Å². The Morgan fingerprint density at radius 3 is 2.47 bits per heavy atom. The van der Waals surface area contributed by atoms with Crippen molar-refractivity contribution in [3.8, 4) is 5.75 Å². The number of hydrogen-bond acceptors (Lipinski definition) is 4. The van der Waals surface area contributed by atoms with Gasteiger partial charge in [0, 0.05) is 42.2 Å². The molecule has 0 aliphatic carbocycles. The van der Waals surface area contributed by atoms with Crippen molar-refractivity contribution < 1.29 is 9.84 Å². The molecule has 0 aromatic heterocycles. The summed E-state index contributed by atoms with van der Waals surface area (Å²) in [5, 5.41) is 14.1. The zero-order valence-electron chi connectivity index (χ0n) is 16.4. The monoisotopic (exact) mass is 508 g/mol. The summed E-state index contributed by atoms with van der Waals surface area (Å²) in [5.74, 6) is 0.768. The molecule has 1 saturated heterocycles. The lowest BCUT2D eigenvalue weighted by Crippen LogP contribution is -2.49. The third-order valence-electron chi connectivity index (χ3n) is 5.31. The Bertz CT molecular complexity index is 1030. The molecule has 3 aromatic rings. The Kier molecular flexibility index (Phi) is 7.06. The van der Waals surface area contributed by atoms with Gasteiger partial charge in [-0.15, -0.1) is 0 Å². The van der Waals surface area contributed by atoms with E-state index in [2.05, 4.69) is 31.8 Å². The maximum atomic E-state index is 10.5. The van der Waals surface area contributed by atoms with Gasteiger partial charge in [0.05, 0.1) is 10.7 Å². The second-order valence-corrected chi connectivity index (χ2v) is 9.26. The number of nitrogens with zero attached hydrogens (tertiary/aromatic N) is 2. The lowest BCUT2D eigenvalue weighted by atomic mass is 10.1. The number of aliphatic hydroxyl groups is 1. The second kappa shape index (κ2) is 9.75. The Morgan fingerprint density at radius 2 is 1.67 bits per heavy atom. The molecule has 4 rings (SSSR count). The van der Waals surface area contributed by atoms with E-state index in [1.807, 2.05) is 42.5 Å². The van der Waals surface area contributed by atoms with Gasteiger partial charge in [-0.05, 0) is 53.2 Å². The summed E-state index contributed by atoms with van der Waals surface area (Å²) in [7, 11) is 0. The van der Waals surface area contributed by atoms with E-state index < -0.39 is 6.10 Å². The van der Waals surface area contributed by atoms with Gasteiger partial charge in [0.25, 0.3) is 0 Å². The molecule has 4 nitrogen and oxygen atoms in total. The summed E-state index contributed by atoms with van der Waals surface area (Å²) in [6.45, 7) is 4.23. The molecular weight excluding hydrogens is 487 g/mol. The maximum absolute atomic E-state index is 10.5. The average Bonchev–Trinajstić information content (AvgIpc) is 2.74. The van der Waals surface area contributed by atoms with Crippen LogP contribution in [0, 0.1) is 0 Å². The maximum Gasteiger partial charge on any atom is 0.120 e. The van der Waals surface area contributed by atoms with Crippen LogP contribution >= 0.6 is 39.1 Å². The van der Waals surface area contributed by atoms with Crippen molar-refractivity contribution in [2.75, 3.05) is 44.2 Å². The van der Waals surface area contributed by atoms with Crippen LogP contribution in [0.1, 0.15) is 0 Å². The Balaban J connectivity index is 1.26. The Labute approximate surface area is 195 Å². The van der Waals surface area contributed by atoms with Crippen LogP contribution < -0.4 is 9.64 Å². The first-order valence-electron chi connectivity index (χ1n) is 9.90. The third-order valence-corrected chi connectivity index (χ3v) is 6.35. The molecule has 30 heavy (non-hydrogen) atoms. The van der Waals surface area contributed by atoms with E-state index in [1.54, 1.807) is 6.07 Å². The summed E-state index contributed by atoms with van der Waals surface area (Å²) < 4.78 is 6.89. The van der Waals surface area contributed by atoms with Gasteiger partial charge >= 0.3 is 0 Å². The minimum Gasteiger partial charge on any atom is -0.491 e. The number of hydrogen-bond donors (Lipinski definition) is 1. The number of halogens is 3. The van der Waals surface area contributed by atoms with E-state index in [1.165, 1.54) is 0 Å². The quantitative estimate of drug-likeness (QED) is 0.478. The van der Waals surface area contributed by atoms with Crippen LogP contribution in [0.3, 0.4) is 0 Å². The summed E-state index contributed by atoms with van der Waals surface area (Å²) in [6, 6.07) is 17.6. The zero-order valence-corrected chi connectivity index (χ0v) is 19.5. The van der Waals surface area contributed by atoms with Crippen molar-refractivity contribution in [1.29, 1.82) is 0 Å². The number of β-amino-alcohol motifs (C(OH)–C–C–N with tert-alkyl or cyclic N) is 1. The number of piperazine rings is 1. The van der Waals surface area contributed by atoms with Gasteiger partial charge in [0.2, 0.25) is 0 Å². The molecule has 1 aliphatic heterocycles. The highest BCUT2D eigenvalue weighted by atomic mass is 79.9.